The Bertz CT molecular complexity index is 659. The van der Waals surface area contributed by atoms with Crippen molar-refractivity contribution in [1.82, 2.24) is 4.98 Å². The van der Waals surface area contributed by atoms with Crippen LogP contribution < -0.4 is 0 Å². The largest absolute Gasteiger partial charge is 0.248 e. The van der Waals surface area contributed by atoms with Gasteiger partial charge >= 0.3 is 0 Å². The van der Waals surface area contributed by atoms with Gasteiger partial charge in [0.25, 0.3) is 0 Å². The van der Waals surface area contributed by atoms with Crippen molar-refractivity contribution in [3.8, 4) is 11.3 Å². The molecular weight excluding hydrogens is 274 g/mol. The van der Waals surface area contributed by atoms with Gasteiger partial charge in [-0.3, -0.25) is 0 Å². The fourth-order valence-corrected chi connectivity index (χ4v) is 2.05. The Morgan fingerprint density at radius 1 is 0.941 bits per heavy atom. The minimum Gasteiger partial charge on any atom is -0.248 e. The van der Waals surface area contributed by atoms with E-state index in [4.69, 9.17) is 0 Å². The van der Waals surface area contributed by atoms with Crippen LogP contribution in [0.5, 0.6) is 0 Å². The summed E-state index contributed by atoms with van der Waals surface area (Å²) in [5, 5.41) is 1.14. The van der Waals surface area contributed by atoms with E-state index in [1.54, 1.807) is 0 Å². The third-order valence-corrected chi connectivity index (χ3v) is 3.21. The van der Waals surface area contributed by atoms with Gasteiger partial charge in [-0.05, 0) is 30.3 Å². The zero-order valence-electron chi connectivity index (χ0n) is 9.02. The molecule has 3 rings (SSSR count). The molecule has 1 heterocycles. The van der Waals surface area contributed by atoms with Crippen LogP contribution in [0, 0.1) is 6.07 Å². The molecule has 81 valence electrons. The molecule has 0 amide bonds. The Labute approximate surface area is 108 Å². The van der Waals surface area contributed by atoms with Gasteiger partial charge in [0.1, 0.15) is 0 Å². The number of hydrogen-bond acceptors (Lipinski definition) is 1. The molecule has 0 aliphatic rings. The van der Waals surface area contributed by atoms with E-state index in [2.05, 4.69) is 45.2 Å². The molecular formula is C15H9BrN. The van der Waals surface area contributed by atoms with E-state index in [1.165, 1.54) is 0 Å². The van der Waals surface area contributed by atoms with E-state index in [0.29, 0.717) is 0 Å². The molecule has 1 nitrogen and oxygen atoms in total. The van der Waals surface area contributed by atoms with Gasteiger partial charge in [-0.2, -0.15) is 0 Å². The minimum absolute atomic E-state index is 0.980. The molecule has 3 aromatic rings. The van der Waals surface area contributed by atoms with Crippen molar-refractivity contribution < 1.29 is 0 Å². The number of nitrogens with zero attached hydrogens (tertiary/aromatic N) is 1. The molecule has 0 atom stereocenters. The van der Waals surface area contributed by atoms with Crippen LogP contribution in [-0.2, 0) is 0 Å². The quantitative estimate of drug-likeness (QED) is 0.642. The Morgan fingerprint density at radius 2 is 1.76 bits per heavy atom. The normalized spacial score (nSPS) is 10.6. The Hall–Kier alpha value is -1.67. The summed E-state index contributed by atoms with van der Waals surface area (Å²) >= 11 is 3.43. The maximum Gasteiger partial charge on any atom is 0.0715 e. The fraction of sp³-hybridized carbons (Fsp3) is 0. The van der Waals surface area contributed by atoms with Gasteiger partial charge in [-0.15, -0.1) is 0 Å². The van der Waals surface area contributed by atoms with Crippen LogP contribution in [0.15, 0.2) is 59.1 Å². The molecule has 0 bridgehead atoms. The summed E-state index contributed by atoms with van der Waals surface area (Å²) in [6.07, 6.45) is 0. The van der Waals surface area contributed by atoms with Crippen LogP contribution in [0.3, 0.4) is 0 Å². The summed E-state index contributed by atoms with van der Waals surface area (Å²) in [7, 11) is 0. The molecule has 17 heavy (non-hydrogen) atoms. The van der Waals surface area contributed by atoms with Crippen molar-refractivity contribution in [1.29, 1.82) is 0 Å². The van der Waals surface area contributed by atoms with Crippen molar-refractivity contribution in [2.45, 2.75) is 0 Å². The zero-order chi connectivity index (χ0) is 11.7. The fourth-order valence-electron chi connectivity index (χ4n) is 1.79. The standard InChI is InChI=1S/C15H9BrN/c16-13-8-5-12(6-9-13)15-10-7-11-3-1-2-4-14(11)17-15/h1,3-10H. The summed E-state index contributed by atoms with van der Waals surface area (Å²) in [4.78, 5) is 4.63. The van der Waals surface area contributed by atoms with Crippen molar-refractivity contribution in [3.63, 3.8) is 0 Å². The van der Waals surface area contributed by atoms with Crippen molar-refractivity contribution in [2.75, 3.05) is 0 Å². The zero-order valence-corrected chi connectivity index (χ0v) is 10.6. The molecule has 0 fully saturated rings. The highest BCUT2D eigenvalue weighted by Crippen LogP contribution is 2.22. The number of benzene rings is 2. The molecule has 1 radical (unpaired) electrons. The molecule has 2 aromatic carbocycles. The molecule has 0 aliphatic carbocycles. The Kier molecular flexibility index (Phi) is 2.65. The maximum atomic E-state index is 4.63. The first-order valence-electron chi connectivity index (χ1n) is 5.36. The average molecular weight is 283 g/mol. The van der Waals surface area contributed by atoms with E-state index >= 15 is 0 Å². The second-order valence-electron chi connectivity index (χ2n) is 3.82. The van der Waals surface area contributed by atoms with E-state index in [9.17, 15) is 0 Å². The lowest BCUT2D eigenvalue weighted by atomic mass is 10.1. The van der Waals surface area contributed by atoms with Crippen LogP contribution in [-0.4, -0.2) is 4.98 Å². The predicted octanol–water partition coefficient (Wildman–Crippen LogP) is 4.46. The summed E-state index contributed by atoms with van der Waals surface area (Å²) in [5.41, 5.74) is 3.09. The van der Waals surface area contributed by atoms with Crippen LogP contribution in [0.25, 0.3) is 22.2 Å². The lowest BCUT2D eigenvalue weighted by Gasteiger charge is -2.03. The number of fused-ring (bicyclic) bond motifs is 1. The molecule has 0 saturated heterocycles. The number of aromatic nitrogens is 1. The average Bonchev–Trinajstić information content (AvgIpc) is 2.39. The van der Waals surface area contributed by atoms with Gasteiger partial charge in [0, 0.05) is 15.4 Å². The molecule has 1 aromatic heterocycles. The number of rotatable bonds is 1. The third kappa shape index (κ3) is 2.08. The highest BCUT2D eigenvalue weighted by Gasteiger charge is 2.00. The second kappa shape index (κ2) is 4.30. The van der Waals surface area contributed by atoms with Gasteiger partial charge in [-0.1, -0.05) is 46.3 Å². The second-order valence-corrected chi connectivity index (χ2v) is 4.74. The van der Waals surface area contributed by atoms with Crippen molar-refractivity contribution >= 4 is 26.8 Å². The van der Waals surface area contributed by atoms with Gasteiger partial charge in [-0.25, -0.2) is 4.98 Å². The highest BCUT2D eigenvalue weighted by atomic mass is 79.9. The monoisotopic (exact) mass is 282 g/mol. The van der Waals surface area contributed by atoms with Crippen LogP contribution in [0.1, 0.15) is 0 Å². The van der Waals surface area contributed by atoms with E-state index in [-0.39, 0.29) is 0 Å². The molecule has 0 N–H and O–H groups in total. The first-order valence-corrected chi connectivity index (χ1v) is 6.15. The summed E-state index contributed by atoms with van der Waals surface area (Å²) in [6, 6.07) is 21.2. The van der Waals surface area contributed by atoms with Gasteiger partial charge < -0.3 is 0 Å². The van der Waals surface area contributed by atoms with Crippen molar-refractivity contribution in [3.05, 3.63) is 65.1 Å². The third-order valence-electron chi connectivity index (χ3n) is 2.68. The highest BCUT2D eigenvalue weighted by molar-refractivity contribution is 9.10. The first kappa shape index (κ1) is 10.5. The van der Waals surface area contributed by atoms with Crippen molar-refractivity contribution in [2.24, 2.45) is 0 Å². The molecule has 2 heteroatoms. The number of pyridine rings is 1. The van der Waals surface area contributed by atoms with Crippen LogP contribution in [0.2, 0.25) is 0 Å². The smallest absolute Gasteiger partial charge is 0.0715 e. The van der Waals surface area contributed by atoms with Crippen LogP contribution in [0.4, 0.5) is 0 Å². The lowest BCUT2D eigenvalue weighted by molar-refractivity contribution is 1.40. The van der Waals surface area contributed by atoms with E-state index in [1.807, 2.05) is 36.4 Å². The Morgan fingerprint density at radius 3 is 2.59 bits per heavy atom. The topological polar surface area (TPSA) is 12.9 Å². The van der Waals surface area contributed by atoms with Gasteiger partial charge in [0.05, 0.1) is 11.2 Å². The molecule has 0 spiro atoms. The molecule has 0 aliphatic heterocycles. The summed E-state index contributed by atoms with van der Waals surface area (Å²) in [5.74, 6) is 0. The summed E-state index contributed by atoms with van der Waals surface area (Å²) < 4.78 is 1.08. The molecule has 0 unspecified atom stereocenters. The number of hydrogen-bond donors (Lipinski definition) is 0. The minimum atomic E-state index is 0.980. The van der Waals surface area contributed by atoms with E-state index in [0.717, 1.165) is 26.6 Å². The van der Waals surface area contributed by atoms with E-state index < -0.39 is 0 Å². The SMILES string of the molecule is Brc1ccc(-c2ccc3cc[c]cc3n2)cc1. The predicted molar refractivity (Wildman–Crippen MR) is 73.7 cm³/mol. The van der Waals surface area contributed by atoms with Crippen LogP contribution >= 0.6 is 15.9 Å². The molecule has 0 saturated carbocycles. The Balaban J connectivity index is 2.14. The first-order chi connectivity index (χ1) is 8.33. The maximum absolute atomic E-state index is 4.63. The van der Waals surface area contributed by atoms with Gasteiger partial charge in [0.2, 0.25) is 0 Å². The lowest BCUT2D eigenvalue weighted by Crippen LogP contribution is -1.84. The summed E-state index contributed by atoms with van der Waals surface area (Å²) in [6.45, 7) is 0. The number of halogens is 1. The van der Waals surface area contributed by atoms with Gasteiger partial charge in [0.15, 0.2) is 0 Å².